The highest BCUT2D eigenvalue weighted by atomic mass is 16.2. The maximum absolute atomic E-state index is 11.4. The molecule has 1 saturated heterocycles. The lowest BCUT2D eigenvalue weighted by Gasteiger charge is -2.15. The Morgan fingerprint density at radius 1 is 1.21 bits per heavy atom. The van der Waals surface area contributed by atoms with Crippen LogP contribution in [0.15, 0.2) is 30.3 Å². The van der Waals surface area contributed by atoms with Gasteiger partial charge in [-0.2, -0.15) is 0 Å². The molecule has 0 saturated carbocycles. The lowest BCUT2D eigenvalue weighted by atomic mass is 10.1. The van der Waals surface area contributed by atoms with Crippen molar-refractivity contribution in [2.45, 2.75) is 6.04 Å². The molecule has 0 radical (unpaired) electrons. The summed E-state index contributed by atoms with van der Waals surface area (Å²) in [5.41, 5.74) is 0.832. The van der Waals surface area contributed by atoms with Gasteiger partial charge in [0.15, 0.2) is 0 Å². The number of nitrogens with zero attached hydrogens (tertiary/aromatic N) is 1. The van der Waals surface area contributed by atoms with Crippen molar-refractivity contribution in [2.24, 2.45) is 0 Å². The van der Waals surface area contributed by atoms with Gasteiger partial charge in [0.1, 0.15) is 6.04 Å². The van der Waals surface area contributed by atoms with Gasteiger partial charge in [-0.15, -0.1) is 0 Å². The summed E-state index contributed by atoms with van der Waals surface area (Å²) in [4.78, 5) is 24.0. The van der Waals surface area contributed by atoms with Crippen LogP contribution in [0, 0.1) is 0 Å². The predicted molar refractivity (Wildman–Crippen MR) is 50.5 cm³/mol. The molecule has 1 fully saturated rings. The molecular weight excluding hydrogens is 180 g/mol. The number of urea groups is 1. The first-order valence-corrected chi connectivity index (χ1v) is 4.33. The quantitative estimate of drug-likeness (QED) is 0.669. The van der Waals surface area contributed by atoms with Gasteiger partial charge in [-0.3, -0.25) is 10.1 Å². The van der Waals surface area contributed by atoms with E-state index in [9.17, 15) is 9.59 Å². The van der Waals surface area contributed by atoms with Crippen LogP contribution in [0.2, 0.25) is 0 Å². The van der Waals surface area contributed by atoms with Crippen LogP contribution in [0.1, 0.15) is 11.6 Å². The lowest BCUT2D eigenvalue weighted by Crippen LogP contribution is -2.25. The van der Waals surface area contributed by atoms with Gasteiger partial charge in [0.25, 0.3) is 5.91 Å². The second-order valence-electron chi connectivity index (χ2n) is 3.22. The van der Waals surface area contributed by atoms with E-state index in [0.717, 1.165) is 5.56 Å². The molecule has 1 aliphatic heterocycles. The fourth-order valence-corrected chi connectivity index (χ4v) is 1.57. The molecule has 1 heterocycles. The van der Waals surface area contributed by atoms with Gasteiger partial charge in [0.2, 0.25) is 0 Å². The Kier molecular flexibility index (Phi) is 1.96. The molecule has 1 aromatic rings. The number of carbonyl (C=O) groups is 2. The van der Waals surface area contributed by atoms with Crippen molar-refractivity contribution in [3.8, 4) is 0 Å². The maximum Gasteiger partial charge on any atom is 0.324 e. The number of hydrogen-bond acceptors (Lipinski definition) is 2. The molecule has 1 aliphatic rings. The van der Waals surface area contributed by atoms with Gasteiger partial charge in [-0.1, -0.05) is 30.3 Å². The van der Waals surface area contributed by atoms with Gasteiger partial charge in [0, 0.05) is 7.05 Å². The zero-order valence-corrected chi connectivity index (χ0v) is 7.73. The Morgan fingerprint density at radius 3 is 2.36 bits per heavy atom. The third kappa shape index (κ3) is 1.25. The number of rotatable bonds is 1. The van der Waals surface area contributed by atoms with E-state index in [4.69, 9.17) is 0 Å². The van der Waals surface area contributed by atoms with Gasteiger partial charge in [0.05, 0.1) is 0 Å². The number of hydrogen-bond donors (Lipinski definition) is 1. The summed E-state index contributed by atoms with van der Waals surface area (Å²) in [5, 5.41) is 2.26. The molecule has 2 rings (SSSR count). The molecule has 4 heteroatoms. The number of carbonyl (C=O) groups excluding carboxylic acids is 2. The molecule has 14 heavy (non-hydrogen) atoms. The topological polar surface area (TPSA) is 49.4 Å². The first-order chi connectivity index (χ1) is 6.70. The second-order valence-corrected chi connectivity index (χ2v) is 3.22. The molecule has 1 N–H and O–H groups in total. The Balaban J connectivity index is 2.36. The van der Waals surface area contributed by atoms with Crippen LogP contribution in [0.4, 0.5) is 4.79 Å². The zero-order chi connectivity index (χ0) is 10.1. The van der Waals surface area contributed by atoms with Gasteiger partial charge in [-0.25, -0.2) is 4.79 Å². The highest BCUT2D eigenvalue weighted by Crippen LogP contribution is 2.23. The third-order valence-corrected chi connectivity index (χ3v) is 2.30. The van der Waals surface area contributed by atoms with Crippen molar-refractivity contribution in [1.82, 2.24) is 10.2 Å². The summed E-state index contributed by atoms with van der Waals surface area (Å²) in [6, 6.07) is 8.41. The van der Waals surface area contributed by atoms with E-state index >= 15 is 0 Å². The van der Waals surface area contributed by atoms with E-state index in [1.165, 1.54) is 4.90 Å². The summed E-state index contributed by atoms with van der Waals surface area (Å²) >= 11 is 0. The minimum Gasteiger partial charge on any atom is -0.311 e. The monoisotopic (exact) mass is 190 g/mol. The number of amides is 3. The Hall–Kier alpha value is -1.84. The van der Waals surface area contributed by atoms with Gasteiger partial charge in [-0.05, 0) is 5.56 Å². The lowest BCUT2D eigenvalue weighted by molar-refractivity contribution is -0.121. The molecule has 0 aromatic heterocycles. The SMILES string of the molecule is CN1C(=O)NC(=O)[C@@H]1c1ccccc1. The molecular formula is C10H10N2O2. The van der Waals surface area contributed by atoms with Crippen LogP contribution in [0.5, 0.6) is 0 Å². The standard InChI is InChI=1S/C10H10N2O2/c1-12-8(9(13)11-10(12)14)7-5-3-2-4-6-7/h2-6,8H,1H3,(H,11,13,14)/t8-/m0/s1. The fourth-order valence-electron chi connectivity index (χ4n) is 1.57. The average Bonchev–Trinajstić information content (AvgIpc) is 2.43. The van der Waals surface area contributed by atoms with Crippen molar-refractivity contribution in [2.75, 3.05) is 7.05 Å². The fraction of sp³-hybridized carbons (Fsp3) is 0.200. The smallest absolute Gasteiger partial charge is 0.311 e. The summed E-state index contributed by atoms with van der Waals surface area (Å²) < 4.78 is 0. The van der Waals surface area contributed by atoms with Crippen molar-refractivity contribution in [3.63, 3.8) is 0 Å². The highest BCUT2D eigenvalue weighted by Gasteiger charge is 2.36. The first-order valence-electron chi connectivity index (χ1n) is 4.33. The van der Waals surface area contributed by atoms with E-state index in [2.05, 4.69) is 5.32 Å². The molecule has 0 spiro atoms. The molecule has 1 aromatic carbocycles. The third-order valence-electron chi connectivity index (χ3n) is 2.30. The van der Waals surface area contributed by atoms with Crippen LogP contribution < -0.4 is 5.32 Å². The molecule has 4 nitrogen and oxygen atoms in total. The van der Waals surface area contributed by atoms with Crippen molar-refractivity contribution in [3.05, 3.63) is 35.9 Å². The number of likely N-dealkylation sites (N-methyl/N-ethyl adjacent to an activating group) is 1. The minimum atomic E-state index is -0.483. The molecule has 0 bridgehead atoms. The molecule has 3 amide bonds. The molecule has 0 unspecified atom stereocenters. The maximum atomic E-state index is 11.4. The van der Waals surface area contributed by atoms with Crippen molar-refractivity contribution < 1.29 is 9.59 Å². The normalized spacial score (nSPS) is 21.2. The van der Waals surface area contributed by atoms with Crippen LogP contribution in [-0.4, -0.2) is 23.9 Å². The Morgan fingerprint density at radius 2 is 1.86 bits per heavy atom. The predicted octanol–water partition coefficient (Wildman–Crippen LogP) is 0.909. The van der Waals surface area contributed by atoms with Crippen LogP contribution in [-0.2, 0) is 4.79 Å². The Labute approximate surface area is 81.5 Å². The molecule has 72 valence electrons. The number of benzene rings is 1. The van der Waals surface area contributed by atoms with Crippen molar-refractivity contribution in [1.29, 1.82) is 0 Å². The summed E-state index contributed by atoms with van der Waals surface area (Å²) in [6.45, 7) is 0. The largest absolute Gasteiger partial charge is 0.324 e. The average molecular weight is 190 g/mol. The van der Waals surface area contributed by atoms with Crippen molar-refractivity contribution >= 4 is 11.9 Å². The minimum absolute atomic E-state index is 0.260. The second kappa shape index (κ2) is 3.14. The summed E-state index contributed by atoms with van der Waals surface area (Å²) in [5.74, 6) is -0.260. The van der Waals surface area contributed by atoms with E-state index in [-0.39, 0.29) is 11.9 Å². The molecule has 0 aliphatic carbocycles. The van der Waals surface area contributed by atoms with E-state index in [1.54, 1.807) is 7.05 Å². The van der Waals surface area contributed by atoms with E-state index in [0.29, 0.717) is 0 Å². The first kappa shape index (κ1) is 8.74. The number of nitrogens with one attached hydrogen (secondary N) is 1. The van der Waals surface area contributed by atoms with Crippen LogP contribution >= 0.6 is 0 Å². The van der Waals surface area contributed by atoms with Gasteiger partial charge >= 0.3 is 6.03 Å². The van der Waals surface area contributed by atoms with Crippen LogP contribution in [0.25, 0.3) is 0 Å². The summed E-state index contributed by atoms with van der Waals surface area (Å²) in [6.07, 6.45) is 0. The molecule has 1 atom stereocenters. The van der Waals surface area contributed by atoms with E-state index in [1.807, 2.05) is 30.3 Å². The summed E-state index contributed by atoms with van der Waals surface area (Å²) in [7, 11) is 1.61. The zero-order valence-electron chi connectivity index (χ0n) is 7.73. The highest BCUT2D eigenvalue weighted by molar-refractivity contribution is 6.04. The number of imide groups is 1. The van der Waals surface area contributed by atoms with Gasteiger partial charge < -0.3 is 4.90 Å². The van der Waals surface area contributed by atoms with Crippen LogP contribution in [0.3, 0.4) is 0 Å². The Bertz CT molecular complexity index is 375. The van der Waals surface area contributed by atoms with E-state index < -0.39 is 6.04 Å².